The maximum atomic E-state index is 12.2. The Balaban J connectivity index is 1.83. The fourth-order valence-electron chi connectivity index (χ4n) is 3.44. The number of aliphatic imine (C=N–C) groups is 1. The number of hydrogen-bond acceptors (Lipinski definition) is 6. The van der Waals surface area contributed by atoms with E-state index in [-0.39, 0.29) is 42.3 Å². The first-order chi connectivity index (χ1) is 13.0. The number of Topliss-reactive ketones (excluding diaryl/α,β-unsaturated/α-hetero) is 2. The third-order valence-electron chi connectivity index (χ3n) is 4.76. The summed E-state index contributed by atoms with van der Waals surface area (Å²) in [5, 5.41) is 10.7. The van der Waals surface area contributed by atoms with Gasteiger partial charge in [-0.3, -0.25) is 9.59 Å². The second-order valence-corrected chi connectivity index (χ2v) is 6.69. The van der Waals surface area contributed by atoms with Crippen LogP contribution in [0.25, 0.3) is 0 Å². The van der Waals surface area contributed by atoms with Crippen molar-refractivity contribution in [2.75, 3.05) is 11.4 Å². The number of aliphatic hydroxyl groups is 1. The summed E-state index contributed by atoms with van der Waals surface area (Å²) in [6.07, 6.45) is 1.08. The van der Waals surface area contributed by atoms with Gasteiger partial charge in [-0.2, -0.15) is 0 Å². The van der Waals surface area contributed by atoms with E-state index in [2.05, 4.69) is 9.98 Å². The number of nitrogens with zero attached hydrogens (tertiary/aromatic N) is 3. The maximum Gasteiger partial charge on any atom is 0.170 e. The quantitative estimate of drug-likeness (QED) is 0.500. The standard InChI is InChI=1S/C21H19N3O3/c1-13-6-4-11-19(22-13)24-12-15(23-14-7-2-3-8-16(14)24)21(27)20-17(25)9-5-10-18(20)26/h2-4,6-8,11,27H,5,9-10,12H2,1H3. The minimum absolute atomic E-state index is 0.114. The molecule has 27 heavy (non-hydrogen) atoms. The van der Waals surface area contributed by atoms with Gasteiger partial charge < -0.3 is 10.0 Å². The molecule has 2 aromatic rings. The van der Waals surface area contributed by atoms with Crippen LogP contribution in [0, 0.1) is 6.92 Å². The first kappa shape index (κ1) is 17.1. The van der Waals surface area contributed by atoms with Gasteiger partial charge >= 0.3 is 0 Å². The van der Waals surface area contributed by atoms with Crippen LogP contribution in [0.4, 0.5) is 17.2 Å². The molecule has 0 radical (unpaired) electrons. The summed E-state index contributed by atoms with van der Waals surface area (Å²) in [5.74, 6) is -0.220. The number of benzene rings is 1. The molecule has 0 atom stereocenters. The third kappa shape index (κ3) is 3.14. The number of hydrogen-bond donors (Lipinski definition) is 1. The average molecular weight is 361 g/mol. The van der Waals surface area contributed by atoms with Crippen LogP contribution in [-0.4, -0.2) is 33.9 Å². The number of carbonyl (C=O) groups excluding carboxylic acids is 2. The lowest BCUT2D eigenvalue weighted by atomic mass is 9.90. The van der Waals surface area contributed by atoms with Crippen molar-refractivity contribution in [2.24, 2.45) is 4.99 Å². The number of fused-ring (bicyclic) bond motifs is 1. The molecule has 4 rings (SSSR count). The zero-order chi connectivity index (χ0) is 19.0. The average Bonchev–Trinajstić information content (AvgIpc) is 2.67. The van der Waals surface area contributed by atoms with E-state index in [0.717, 1.165) is 11.4 Å². The van der Waals surface area contributed by atoms with Crippen LogP contribution in [-0.2, 0) is 9.59 Å². The van der Waals surface area contributed by atoms with Crippen molar-refractivity contribution >= 4 is 34.5 Å². The van der Waals surface area contributed by atoms with Gasteiger partial charge in [-0.1, -0.05) is 18.2 Å². The van der Waals surface area contributed by atoms with Crippen molar-refractivity contribution in [1.29, 1.82) is 0 Å². The Kier molecular flexibility index (Phi) is 4.32. The predicted octanol–water partition coefficient (Wildman–Crippen LogP) is 3.75. The zero-order valence-electron chi connectivity index (χ0n) is 15.0. The van der Waals surface area contributed by atoms with Crippen LogP contribution >= 0.6 is 0 Å². The minimum atomic E-state index is -0.314. The smallest absolute Gasteiger partial charge is 0.170 e. The normalized spacial score (nSPS) is 16.9. The topological polar surface area (TPSA) is 82.9 Å². The summed E-state index contributed by atoms with van der Waals surface area (Å²) < 4.78 is 0. The van der Waals surface area contributed by atoms with E-state index in [1.165, 1.54) is 0 Å². The van der Waals surface area contributed by atoms with Crippen molar-refractivity contribution in [3.63, 3.8) is 0 Å². The number of para-hydroxylation sites is 2. The highest BCUT2D eigenvalue weighted by Gasteiger charge is 2.31. The lowest BCUT2D eigenvalue weighted by Crippen LogP contribution is -2.32. The second kappa shape index (κ2) is 6.79. The summed E-state index contributed by atoms with van der Waals surface area (Å²) in [5.41, 5.74) is 2.57. The molecule has 0 unspecified atom stereocenters. The molecule has 1 aliphatic carbocycles. The molecule has 1 saturated carbocycles. The number of aliphatic hydroxyl groups excluding tert-OH is 1. The molecule has 1 aromatic carbocycles. The lowest BCUT2D eigenvalue weighted by molar-refractivity contribution is -0.124. The number of allylic oxidation sites excluding steroid dienone is 1. The SMILES string of the molecule is Cc1cccc(N2CC(C(O)=C3C(=O)CCCC3=O)=Nc3ccccc32)n1. The van der Waals surface area contributed by atoms with Crippen LogP contribution in [0.1, 0.15) is 25.0 Å². The summed E-state index contributed by atoms with van der Waals surface area (Å²) in [6.45, 7) is 2.14. The monoisotopic (exact) mass is 361 g/mol. The van der Waals surface area contributed by atoms with Gasteiger partial charge in [-0.05, 0) is 37.6 Å². The Morgan fingerprint density at radius 1 is 1.04 bits per heavy atom. The van der Waals surface area contributed by atoms with E-state index in [9.17, 15) is 14.7 Å². The Bertz CT molecular complexity index is 989. The second-order valence-electron chi connectivity index (χ2n) is 6.69. The van der Waals surface area contributed by atoms with Gasteiger partial charge in [0.25, 0.3) is 0 Å². The molecule has 0 amide bonds. The molecule has 0 spiro atoms. The number of pyridine rings is 1. The van der Waals surface area contributed by atoms with Crippen LogP contribution in [0.2, 0.25) is 0 Å². The number of rotatable bonds is 2. The maximum absolute atomic E-state index is 12.2. The highest BCUT2D eigenvalue weighted by Crippen LogP contribution is 2.37. The molecule has 1 aliphatic heterocycles. The molecule has 0 bridgehead atoms. The third-order valence-corrected chi connectivity index (χ3v) is 4.76. The van der Waals surface area contributed by atoms with Gasteiger partial charge in [0.15, 0.2) is 17.3 Å². The Labute approximate surface area is 156 Å². The first-order valence-electron chi connectivity index (χ1n) is 8.92. The molecule has 2 heterocycles. The Hall–Kier alpha value is -3.28. The number of aromatic nitrogens is 1. The van der Waals surface area contributed by atoms with Crippen LogP contribution in [0.3, 0.4) is 0 Å². The molecular weight excluding hydrogens is 342 g/mol. The van der Waals surface area contributed by atoms with E-state index in [4.69, 9.17) is 0 Å². The molecule has 6 nitrogen and oxygen atoms in total. The summed E-state index contributed by atoms with van der Waals surface area (Å²) in [7, 11) is 0. The van der Waals surface area contributed by atoms with Crippen LogP contribution in [0.15, 0.2) is 58.8 Å². The molecular formula is C21H19N3O3. The summed E-state index contributed by atoms with van der Waals surface area (Å²) in [4.78, 5) is 35.4. The van der Waals surface area contributed by atoms with Gasteiger partial charge in [0.05, 0.1) is 17.9 Å². The highest BCUT2D eigenvalue weighted by atomic mass is 16.3. The van der Waals surface area contributed by atoms with Gasteiger partial charge in [0.2, 0.25) is 0 Å². The van der Waals surface area contributed by atoms with Crippen LogP contribution in [0.5, 0.6) is 0 Å². The summed E-state index contributed by atoms with van der Waals surface area (Å²) in [6, 6.07) is 13.2. The van der Waals surface area contributed by atoms with Gasteiger partial charge in [0, 0.05) is 18.5 Å². The van der Waals surface area contributed by atoms with E-state index in [1.807, 2.05) is 54.3 Å². The molecule has 0 saturated heterocycles. The van der Waals surface area contributed by atoms with Gasteiger partial charge in [-0.25, -0.2) is 9.98 Å². The van der Waals surface area contributed by atoms with Crippen molar-refractivity contribution in [2.45, 2.75) is 26.2 Å². The zero-order valence-corrected chi connectivity index (χ0v) is 15.0. The molecule has 1 N–H and O–H groups in total. The largest absolute Gasteiger partial charge is 0.505 e. The summed E-state index contributed by atoms with van der Waals surface area (Å²) >= 11 is 0. The Morgan fingerprint density at radius 3 is 2.52 bits per heavy atom. The molecule has 1 aromatic heterocycles. The number of carbonyl (C=O) groups is 2. The molecule has 2 aliphatic rings. The van der Waals surface area contributed by atoms with Crippen LogP contribution < -0.4 is 4.90 Å². The Morgan fingerprint density at radius 2 is 1.78 bits per heavy atom. The van der Waals surface area contributed by atoms with E-state index < -0.39 is 0 Å². The van der Waals surface area contributed by atoms with E-state index in [1.54, 1.807) is 0 Å². The number of aryl methyl sites for hydroxylation is 1. The van der Waals surface area contributed by atoms with Crippen molar-refractivity contribution in [3.8, 4) is 0 Å². The minimum Gasteiger partial charge on any atom is -0.505 e. The molecule has 1 fully saturated rings. The van der Waals surface area contributed by atoms with E-state index in [0.29, 0.717) is 23.6 Å². The fourth-order valence-corrected chi connectivity index (χ4v) is 3.44. The highest BCUT2D eigenvalue weighted by molar-refractivity contribution is 6.26. The van der Waals surface area contributed by atoms with Crippen molar-refractivity contribution < 1.29 is 14.7 Å². The van der Waals surface area contributed by atoms with Gasteiger partial charge in [0.1, 0.15) is 17.1 Å². The number of anilines is 2. The van der Waals surface area contributed by atoms with Gasteiger partial charge in [-0.15, -0.1) is 0 Å². The fraction of sp³-hybridized carbons (Fsp3) is 0.238. The lowest BCUT2D eigenvalue weighted by Gasteiger charge is -2.30. The predicted molar refractivity (Wildman–Crippen MR) is 103 cm³/mol. The first-order valence-corrected chi connectivity index (χ1v) is 8.92. The molecule has 6 heteroatoms. The number of ketones is 2. The van der Waals surface area contributed by atoms with Crippen molar-refractivity contribution in [1.82, 2.24) is 4.98 Å². The molecule has 136 valence electrons. The van der Waals surface area contributed by atoms with E-state index >= 15 is 0 Å². The van der Waals surface area contributed by atoms with Crippen molar-refractivity contribution in [3.05, 3.63) is 59.5 Å².